The Bertz CT molecular complexity index is 287. The number of anilines is 3. The Morgan fingerprint density at radius 2 is 1.50 bits per heavy atom. The van der Waals surface area contributed by atoms with E-state index in [0.29, 0.717) is 5.88 Å². The number of rotatable bonds is 4. The van der Waals surface area contributed by atoms with Crippen molar-refractivity contribution < 1.29 is 0 Å². The van der Waals surface area contributed by atoms with Crippen molar-refractivity contribution in [3.8, 4) is 0 Å². The fourth-order valence-electron chi connectivity index (χ4n) is 1.41. The normalized spacial score (nSPS) is 9.71. The van der Waals surface area contributed by atoms with Gasteiger partial charge in [0, 0.05) is 43.8 Å². The van der Waals surface area contributed by atoms with E-state index in [1.165, 1.54) is 0 Å². The smallest absolute Gasteiger partial charge is 0.0515 e. The molecule has 0 radical (unpaired) electrons. The summed E-state index contributed by atoms with van der Waals surface area (Å²) in [6, 6.07) is 4.08. The summed E-state index contributed by atoms with van der Waals surface area (Å²) >= 11 is 5.89. The summed E-state index contributed by atoms with van der Waals surface area (Å²) in [5, 5.41) is 9.37. The highest BCUT2D eigenvalue weighted by Crippen LogP contribution is 2.30. The lowest BCUT2D eigenvalue weighted by Gasteiger charge is -2.14. The van der Waals surface area contributed by atoms with Crippen LogP contribution >= 0.6 is 11.6 Å². The zero-order chi connectivity index (χ0) is 10.6. The molecule has 78 valence electrons. The van der Waals surface area contributed by atoms with Gasteiger partial charge in [0.15, 0.2) is 0 Å². The summed E-state index contributed by atoms with van der Waals surface area (Å²) in [6.07, 6.45) is 0. The molecule has 0 aliphatic heterocycles. The zero-order valence-electron chi connectivity index (χ0n) is 8.74. The number of halogens is 1. The van der Waals surface area contributed by atoms with Crippen LogP contribution in [-0.4, -0.2) is 21.1 Å². The lowest BCUT2D eigenvalue weighted by molar-refractivity contribution is 1.33. The zero-order valence-corrected chi connectivity index (χ0v) is 9.50. The second kappa shape index (κ2) is 4.96. The van der Waals surface area contributed by atoms with E-state index in [-0.39, 0.29) is 0 Å². The van der Waals surface area contributed by atoms with Gasteiger partial charge in [0.25, 0.3) is 0 Å². The van der Waals surface area contributed by atoms with Crippen LogP contribution in [0.1, 0.15) is 5.56 Å². The first-order valence-corrected chi connectivity index (χ1v) is 5.06. The monoisotopic (exact) mass is 213 g/mol. The molecule has 14 heavy (non-hydrogen) atoms. The van der Waals surface area contributed by atoms with E-state index >= 15 is 0 Å². The largest absolute Gasteiger partial charge is 0.388 e. The minimum Gasteiger partial charge on any atom is -0.388 e. The Hall–Kier alpha value is -1.09. The molecule has 0 spiro atoms. The second-order valence-electron chi connectivity index (χ2n) is 2.93. The van der Waals surface area contributed by atoms with E-state index in [2.05, 4.69) is 16.0 Å². The molecule has 0 heterocycles. The third-order valence-corrected chi connectivity index (χ3v) is 2.48. The molecule has 0 saturated carbocycles. The molecule has 0 fully saturated rings. The van der Waals surface area contributed by atoms with E-state index in [9.17, 15) is 0 Å². The number of benzene rings is 1. The van der Waals surface area contributed by atoms with Crippen LogP contribution in [0.2, 0.25) is 0 Å². The predicted octanol–water partition coefficient (Wildman–Crippen LogP) is 2.55. The molecule has 0 amide bonds. The molecule has 3 nitrogen and oxygen atoms in total. The maximum absolute atomic E-state index is 5.89. The fourth-order valence-corrected chi connectivity index (χ4v) is 1.69. The molecular weight excluding hydrogens is 198 g/mol. The summed E-state index contributed by atoms with van der Waals surface area (Å²) in [5.41, 5.74) is 4.26. The maximum atomic E-state index is 5.89. The number of nitrogens with one attached hydrogen (secondary N) is 3. The van der Waals surface area contributed by atoms with Crippen molar-refractivity contribution in [2.45, 2.75) is 5.88 Å². The molecule has 0 atom stereocenters. The van der Waals surface area contributed by atoms with Gasteiger partial charge in [-0.25, -0.2) is 0 Å². The molecule has 0 aromatic heterocycles. The number of hydrogen-bond donors (Lipinski definition) is 3. The van der Waals surface area contributed by atoms with Gasteiger partial charge in [-0.05, 0) is 12.1 Å². The minimum absolute atomic E-state index is 0.496. The van der Waals surface area contributed by atoms with Crippen molar-refractivity contribution in [1.82, 2.24) is 0 Å². The van der Waals surface area contributed by atoms with Crippen LogP contribution in [0.5, 0.6) is 0 Å². The van der Waals surface area contributed by atoms with Crippen LogP contribution in [-0.2, 0) is 5.88 Å². The molecule has 4 heteroatoms. The van der Waals surface area contributed by atoms with Crippen molar-refractivity contribution >= 4 is 28.7 Å². The SMILES string of the molecule is CNc1cc(NC)c(CCl)c(NC)c1. The molecular formula is C10H16ClN3. The standard InChI is InChI=1S/C10H16ClN3/c1-12-7-4-9(13-2)8(6-11)10(5-7)14-3/h4-5,12-14H,6H2,1-3H3. The highest BCUT2D eigenvalue weighted by atomic mass is 35.5. The first-order chi connectivity index (χ1) is 6.76. The van der Waals surface area contributed by atoms with Gasteiger partial charge in [-0.15, -0.1) is 11.6 Å². The van der Waals surface area contributed by atoms with Crippen LogP contribution in [0.3, 0.4) is 0 Å². The average Bonchev–Trinajstić information content (AvgIpc) is 2.26. The van der Waals surface area contributed by atoms with E-state index in [1.807, 2.05) is 33.3 Å². The van der Waals surface area contributed by atoms with Gasteiger partial charge in [-0.2, -0.15) is 0 Å². The minimum atomic E-state index is 0.496. The van der Waals surface area contributed by atoms with Crippen molar-refractivity contribution in [3.05, 3.63) is 17.7 Å². The average molecular weight is 214 g/mol. The first-order valence-electron chi connectivity index (χ1n) is 4.53. The number of hydrogen-bond acceptors (Lipinski definition) is 3. The quantitative estimate of drug-likeness (QED) is 0.673. The molecule has 0 aliphatic carbocycles. The summed E-state index contributed by atoms with van der Waals surface area (Å²) in [4.78, 5) is 0. The van der Waals surface area contributed by atoms with E-state index < -0.39 is 0 Å². The van der Waals surface area contributed by atoms with Gasteiger partial charge in [-0.1, -0.05) is 0 Å². The van der Waals surface area contributed by atoms with Crippen molar-refractivity contribution in [1.29, 1.82) is 0 Å². The first kappa shape index (κ1) is 11.0. The Balaban J connectivity index is 3.24. The van der Waals surface area contributed by atoms with Crippen LogP contribution in [0, 0.1) is 0 Å². The van der Waals surface area contributed by atoms with Crippen LogP contribution in [0.15, 0.2) is 12.1 Å². The fraction of sp³-hybridized carbons (Fsp3) is 0.400. The summed E-state index contributed by atoms with van der Waals surface area (Å²) in [5.74, 6) is 0.496. The summed E-state index contributed by atoms with van der Waals surface area (Å²) in [6.45, 7) is 0. The van der Waals surface area contributed by atoms with Crippen molar-refractivity contribution in [2.75, 3.05) is 37.1 Å². The van der Waals surface area contributed by atoms with Crippen LogP contribution in [0.25, 0.3) is 0 Å². The molecule has 3 N–H and O–H groups in total. The Morgan fingerprint density at radius 3 is 1.79 bits per heavy atom. The third kappa shape index (κ3) is 2.04. The van der Waals surface area contributed by atoms with Crippen LogP contribution in [0.4, 0.5) is 17.1 Å². The Kier molecular flexibility index (Phi) is 3.89. The highest BCUT2D eigenvalue weighted by Gasteiger charge is 2.07. The molecule has 0 saturated heterocycles. The lowest BCUT2D eigenvalue weighted by atomic mass is 10.1. The molecule has 0 aliphatic rings. The molecule has 0 unspecified atom stereocenters. The summed E-state index contributed by atoms with van der Waals surface area (Å²) < 4.78 is 0. The maximum Gasteiger partial charge on any atom is 0.0515 e. The Morgan fingerprint density at radius 1 is 1.00 bits per heavy atom. The summed E-state index contributed by atoms with van der Waals surface area (Å²) in [7, 11) is 5.68. The van der Waals surface area contributed by atoms with E-state index in [4.69, 9.17) is 11.6 Å². The van der Waals surface area contributed by atoms with Gasteiger partial charge in [0.2, 0.25) is 0 Å². The van der Waals surface area contributed by atoms with Crippen molar-refractivity contribution in [3.63, 3.8) is 0 Å². The second-order valence-corrected chi connectivity index (χ2v) is 3.20. The van der Waals surface area contributed by atoms with Gasteiger partial charge in [0.05, 0.1) is 5.88 Å². The van der Waals surface area contributed by atoms with Crippen LogP contribution < -0.4 is 16.0 Å². The molecule has 1 aromatic carbocycles. The molecule has 1 aromatic rings. The molecule has 0 bridgehead atoms. The van der Waals surface area contributed by atoms with E-state index in [1.54, 1.807) is 0 Å². The third-order valence-electron chi connectivity index (χ3n) is 2.21. The number of alkyl halides is 1. The predicted molar refractivity (Wildman–Crippen MR) is 64.6 cm³/mol. The van der Waals surface area contributed by atoms with Gasteiger partial charge >= 0.3 is 0 Å². The topological polar surface area (TPSA) is 36.1 Å². The highest BCUT2D eigenvalue weighted by molar-refractivity contribution is 6.18. The van der Waals surface area contributed by atoms with E-state index in [0.717, 1.165) is 22.6 Å². The van der Waals surface area contributed by atoms with Gasteiger partial charge < -0.3 is 16.0 Å². The lowest BCUT2D eigenvalue weighted by Crippen LogP contribution is -2.01. The van der Waals surface area contributed by atoms with Gasteiger partial charge in [-0.3, -0.25) is 0 Å². The molecule has 1 rings (SSSR count). The van der Waals surface area contributed by atoms with Crippen molar-refractivity contribution in [2.24, 2.45) is 0 Å². The Labute approximate surface area is 89.8 Å². The van der Waals surface area contributed by atoms with Gasteiger partial charge in [0.1, 0.15) is 0 Å².